The van der Waals surface area contributed by atoms with E-state index < -0.39 is 0 Å². The molecule has 0 unspecified atom stereocenters. The van der Waals surface area contributed by atoms with E-state index in [9.17, 15) is 4.79 Å². The summed E-state index contributed by atoms with van der Waals surface area (Å²) in [4.78, 5) is 16.8. The molecule has 1 N–H and O–H groups in total. The second-order valence-electron chi connectivity index (χ2n) is 5.59. The average molecular weight is 348 g/mol. The lowest BCUT2D eigenvalue weighted by Gasteiger charge is -2.12. The summed E-state index contributed by atoms with van der Waals surface area (Å²) < 4.78 is 10.4. The monoisotopic (exact) mass is 348 g/mol. The molecule has 0 bridgehead atoms. The number of anilines is 1. The van der Waals surface area contributed by atoms with E-state index in [0.717, 1.165) is 16.8 Å². The zero-order valence-electron chi connectivity index (χ0n) is 14.5. The molecule has 0 fully saturated rings. The molecule has 2 aromatic carbocycles. The van der Waals surface area contributed by atoms with Crippen molar-refractivity contribution in [3.05, 3.63) is 78.5 Å². The van der Waals surface area contributed by atoms with Crippen LogP contribution < -0.4 is 10.1 Å². The molecule has 0 aliphatic carbocycles. The van der Waals surface area contributed by atoms with Crippen LogP contribution in [-0.2, 0) is 4.74 Å². The van der Waals surface area contributed by atoms with Crippen LogP contribution in [0.4, 0.5) is 5.69 Å². The number of pyridine rings is 1. The van der Waals surface area contributed by atoms with Crippen LogP contribution in [-0.4, -0.2) is 31.2 Å². The van der Waals surface area contributed by atoms with Crippen molar-refractivity contribution in [2.24, 2.45) is 0 Å². The van der Waals surface area contributed by atoms with Gasteiger partial charge in [0, 0.05) is 36.2 Å². The first kappa shape index (κ1) is 17.6. The maximum absolute atomic E-state index is 12.7. The first-order valence-corrected chi connectivity index (χ1v) is 8.31. The zero-order chi connectivity index (χ0) is 18.2. The highest BCUT2D eigenvalue weighted by Crippen LogP contribution is 2.28. The van der Waals surface area contributed by atoms with E-state index in [2.05, 4.69) is 10.3 Å². The van der Waals surface area contributed by atoms with E-state index in [1.165, 1.54) is 0 Å². The summed E-state index contributed by atoms with van der Waals surface area (Å²) in [7, 11) is 1.60. The lowest BCUT2D eigenvalue weighted by atomic mass is 10.0. The number of aromatic nitrogens is 1. The molecule has 0 radical (unpaired) electrons. The third-order valence-electron chi connectivity index (χ3n) is 3.79. The zero-order valence-corrected chi connectivity index (χ0v) is 14.5. The number of benzene rings is 2. The van der Waals surface area contributed by atoms with E-state index in [1.54, 1.807) is 25.4 Å². The Morgan fingerprint density at radius 2 is 1.77 bits per heavy atom. The minimum absolute atomic E-state index is 0.215. The maximum Gasteiger partial charge on any atom is 0.255 e. The Hall–Kier alpha value is -3.18. The Balaban J connectivity index is 1.78. The van der Waals surface area contributed by atoms with Crippen molar-refractivity contribution >= 4 is 11.6 Å². The van der Waals surface area contributed by atoms with Crippen molar-refractivity contribution in [1.29, 1.82) is 0 Å². The summed E-state index contributed by atoms with van der Waals surface area (Å²) in [6.45, 7) is 0.841. The fourth-order valence-electron chi connectivity index (χ4n) is 2.52. The van der Waals surface area contributed by atoms with Crippen LogP contribution in [0.15, 0.2) is 72.9 Å². The maximum atomic E-state index is 12.7. The molecule has 0 saturated heterocycles. The van der Waals surface area contributed by atoms with Gasteiger partial charge in [0.25, 0.3) is 5.91 Å². The predicted molar refractivity (Wildman–Crippen MR) is 101 cm³/mol. The highest BCUT2D eigenvalue weighted by molar-refractivity contribution is 6.06. The minimum Gasteiger partial charge on any atom is -0.475 e. The van der Waals surface area contributed by atoms with Gasteiger partial charge in [-0.3, -0.25) is 4.79 Å². The smallest absolute Gasteiger partial charge is 0.255 e. The molecule has 5 nitrogen and oxygen atoms in total. The van der Waals surface area contributed by atoms with Gasteiger partial charge < -0.3 is 14.8 Å². The molecule has 26 heavy (non-hydrogen) atoms. The number of methoxy groups -OCH3 is 1. The van der Waals surface area contributed by atoms with Crippen LogP contribution in [0.1, 0.15) is 10.4 Å². The second kappa shape index (κ2) is 8.78. The Kier molecular flexibility index (Phi) is 5.96. The van der Waals surface area contributed by atoms with Gasteiger partial charge in [-0.2, -0.15) is 0 Å². The number of carbonyl (C=O) groups excluding carboxylic acids is 1. The molecular formula is C21H20N2O3. The van der Waals surface area contributed by atoms with Gasteiger partial charge >= 0.3 is 0 Å². The number of amides is 1. The van der Waals surface area contributed by atoms with Gasteiger partial charge in [0.05, 0.1) is 6.61 Å². The normalized spacial score (nSPS) is 10.3. The molecule has 5 heteroatoms. The molecular weight excluding hydrogens is 328 g/mol. The first-order valence-electron chi connectivity index (χ1n) is 8.31. The van der Waals surface area contributed by atoms with Crippen LogP contribution in [0, 0.1) is 0 Å². The van der Waals surface area contributed by atoms with Crippen LogP contribution in [0.25, 0.3) is 11.1 Å². The summed E-state index contributed by atoms with van der Waals surface area (Å²) in [6, 6.07) is 20.9. The fourth-order valence-corrected chi connectivity index (χ4v) is 2.52. The topological polar surface area (TPSA) is 60.5 Å². The molecule has 0 atom stereocenters. The number of hydrogen-bond acceptors (Lipinski definition) is 4. The highest BCUT2D eigenvalue weighted by Gasteiger charge is 2.11. The SMILES string of the molecule is COCCOc1cc(C(=O)Nc2ccccc2-c2ccccc2)ccn1. The molecule has 3 rings (SSSR count). The Morgan fingerprint density at radius 3 is 2.58 bits per heavy atom. The summed E-state index contributed by atoms with van der Waals surface area (Å²) >= 11 is 0. The third kappa shape index (κ3) is 4.46. The molecule has 0 aliphatic heterocycles. The number of nitrogens with one attached hydrogen (secondary N) is 1. The Bertz CT molecular complexity index is 866. The third-order valence-corrected chi connectivity index (χ3v) is 3.79. The molecule has 0 aliphatic rings. The van der Waals surface area contributed by atoms with Crippen molar-refractivity contribution in [3.8, 4) is 17.0 Å². The number of nitrogens with zero attached hydrogens (tertiary/aromatic N) is 1. The quantitative estimate of drug-likeness (QED) is 0.655. The minimum atomic E-state index is -0.215. The van der Waals surface area contributed by atoms with Crippen molar-refractivity contribution in [3.63, 3.8) is 0 Å². The Labute approximate surface area is 152 Å². The van der Waals surface area contributed by atoms with Crippen LogP contribution in [0.5, 0.6) is 5.88 Å². The van der Waals surface area contributed by atoms with Crippen LogP contribution in [0.3, 0.4) is 0 Å². The molecule has 1 amide bonds. The predicted octanol–water partition coefficient (Wildman–Crippen LogP) is 4.03. The molecule has 132 valence electrons. The second-order valence-corrected chi connectivity index (χ2v) is 5.59. The molecule has 0 spiro atoms. The molecule has 1 aromatic heterocycles. The van der Waals surface area contributed by atoms with Crippen LogP contribution >= 0.6 is 0 Å². The van der Waals surface area contributed by atoms with Gasteiger partial charge in [0.15, 0.2) is 0 Å². The summed E-state index contributed by atoms with van der Waals surface area (Å²) in [5.74, 6) is 0.179. The molecule has 1 heterocycles. The average Bonchev–Trinajstić information content (AvgIpc) is 2.69. The van der Waals surface area contributed by atoms with Crippen LogP contribution in [0.2, 0.25) is 0 Å². The van der Waals surface area contributed by atoms with Crippen molar-refractivity contribution in [2.45, 2.75) is 0 Å². The van der Waals surface area contributed by atoms with E-state index in [-0.39, 0.29) is 5.91 Å². The standard InChI is InChI=1S/C21H20N2O3/c1-25-13-14-26-20-15-17(11-12-22-20)21(24)23-19-10-6-5-9-18(19)16-7-3-2-4-8-16/h2-12,15H,13-14H2,1H3,(H,23,24). The van der Waals surface area contributed by atoms with Gasteiger partial charge in [-0.05, 0) is 17.7 Å². The number of carbonyl (C=O) groups is 1. The van der Waals surface area contributed by atoms with Gasteiger partial charge in [-0.1, -0.05) is 48.5 Å². The molecule has 0 saturated carbocycles. The van der Waals surface area contributed by atoms with Gasteiger partial charge in [-0.15, -0.1) is 0 Å². The Morgan fingerprint density at radius 1 is 1.00 bits per heavy atom. The number of hydrogen-bond donors (Lipinski definition) is 1. The van der Waals surface area contributed by atoms with Crippen molar-refractivity contribution < 1.29 is 14.3 Å². The number of rotatable bonds is 7. The van der Waals surface area contributed by atoms with Crippen molar-refractivity contribution in [1.82, 2.24) is 4.98 Å². The summed E-state index contributed by atoms with van der Waals surface area (Å²) in [5, 5.41) is 2.97. The number of para-hydroxylation sites is 1. The van der Waals surface area contributed by atoms with E-state index in [4.69, 9.17) is 9.47 Å². The van der Waals surface area contributed by atoms with E-state index in [1.807, 2.05) is 54.6 Å². The van der Waals surface area contributed by atoms with E-state index >= 15 is 0 Å². The lowest BCUT2D eigenvalue weighted by Crippen LogP contribution is -2.13. The van der Waals surface area contributed by atoms with E-state index in [0.29, 0.717) is 24.7 Å². The van der Waals surface area contributed by atoms with Gasteiger partial charge in [0.1, 0.15) is 6.61 Å². The molecule has 3 aromatic rings. The lowest BCUT2D eigenvalue weighted by molar-refractivity contribution is 0.102. The first-order chi connectivity index (χ1) is 12.8. The number of ether oxygens (including phenoxy) is 2. The van der Waals surface area contributed by atoms with Gasteiger partial charge in [-0.25, -0.2) is 4.98 Å². The summed E-state index contributed by atoms with van der Waals surface area (Å²) in [6.07, 6.45) is 1.56. The highest BCUT2D eigenvalue weighted by atomic mass is 16.5. The van der Waals surface area contributed by atoms with Gasteiger partial charge in [0.2, 0.25) is 5.88 Å². The summed E-state index contributed by atoms with van der Waals surface area (Å²) in [5.41, 5.74) is 3.24. The van der Waals surface area contributed by atoms with Crippen molar-refractivity contribution in [2.75, 3.05) is 25.6 Å². The largest absolute Gasteiger partial charge is 0.475 e. The fraction of sp³-hybridized carbons (Fsp3) is 0.143.